The molecule has 0 radical (unpaired) electrons. The molecule has 0 bridgehead atoms. The molecule has 1 saturated heterocycles. The zero-order chi connectivity index (χ0) is 18.9. The molecule has 0 atom stereocenters. The summed E-state index contributed by atoms with van der Waals surface area (Å²) in [5.74, 6) is 0.191. The smallest absolute Gasteiger partial charge is 0.348 e. The van der Waals surface area contributed by atoms with Crippen LogP contribution in [0, 0.1) is 5.92 Å². The highest BCUT2D eigenvalue weighted by Crippen LogP contribution is 2.31. The Morgan fingerprint density at radius 2 is 2.07 bits per heavy atom. The van der Waals surface area contributed by atoms with Gasteiger partial charge >= 0.3 is 10.1 Å². The van der Waals surface area contributed by atoms with E-state index in [2.05, 4.69) is 15.6 Å². The summed E-state index contributed by atoms with van der Waals surface area (Å²) in [6, 6.07) is 8.03. The molecule has 0 saturated carbocycles. The van der Waals surface area contributed by atoms with E-state index in [0.29, 0.717) is 10.6 Å². The average molecular weight is 424 g/mol. The highest BCUT2D eigenvalue weighted by atomic mass is 32.3. The fraction of sp³-hybridized carbons (Fsp3) is 0.294. The Hall–Kier alpha value is -2.01. The Bertz CT molecular complexity index is 1050. The van der Waals surface area contributed by atoms with Gasteiger partial charge < -0.3 is 14.8 Å². The maximum atomic E-state index is 12.4. The molecule has 1 aliphatic heterocycles. The summed E-state index contributed by atoms with van der Waals surface area (Å²) in [7, 11) is -3.84. The van der Waals surface area contributed by atoms with Crippen molar-refractivity contribution in [2.75, 3.05) is 18.4 Å². The minimum atomic E-state index is -3.84. The number of amides is 1. The lowest BCUT2D eigenvalue weighted by atomic mass is 9.97. The number of fused-ring (bicyclic) bond motifs is 1. The number of anilines is 1. The van der Waals surface area contributed by atoms with Crippen LogP contribution in [0.5, 0.6) is 5.75 Å². The number of hydrogen-bond donors (Lipinski definition) is 2. The van der Waals surface area contributed by atoms with Crippen LogP contribution < -0.4 is 14.8 Å². The van der Waals surface area contributed by atoms with Crippen LogP contribution in [0.25, 0.3) is 10.2 Å². The first-order chi connectivity index (χ1) is 13.0. The molecule has 1 amide bonds. The summed E-state index contributed by atoms with van der Waals surface area (Å²) in [6.07, 6.45) is 1.63. The molecule has 7 nitrogen and oxygen atoms in total. The van der Waals surface area contributed by atoms with Crippen molar-refractivity contribution in [1.29, 1.82) is 0 Å². The SMILES string of the molecule is O=C(Nc1nc2ccc(OS(=O)(=O)c3cccs3)cc2s1)C1CCNCC1. The van der Waals surface area contributed by atoms with Crippen LogP contribution in [0.4, 0.5) is 5.13 Å². The summed E-state index contributed by atoms with van der Waals surface area (Å²) < 4.78 is 30.6. The second-order valence-electron chi connectivity index (χ2n) is 6.13. The van der Waals surface area contributed by atoms with E-state index in [9.17, 15) is 13.2 Å². The lowest BCUT2D eigenvalue weighted by Crippen LogP contribution is -2.34. The van der Waals surface area contributed by atoms with Gasteiger partial charge in [-0.25, -0.2) is 4.98 Å². The van der Waals surface area contributed by atoms with Gasteiger partial charge in [0.2, 0.25) is 5.91 Å². The highest BCUT2D eigenvalue weighted by Gasteiger charge is 2.22. The van der Waals surface area contributed by atoms with Crippen molar-refractivity contribution in [2.45, 2.75) is 17.1 Å². The molecule has 0 aliphatic carbocycles. The van der Waals surface area contributed by atoms with Gasteiger partial charge in [0, 0.05) is 12.0 Å². The van der Waals surface area contributed by atoms with Crippen molar-refractivity contribution in [3.63, 3.8) is 0 Å². The van der Waals surface area contributed by atoms with Crippen LogP contribution in [-0.4, -0.2) is 32.4 Å². The maximum Gasteiger partial charge on any atom is 0.348 e. The third kappa shape index (κ3) is 4.13. The Labute approximate surface area is 164 Å². The average Bonchev–Trinajstić information content (AvgIpc) is 3.31. The largest absolute Gasteiger partial charge is 0.378 e. The Kier molecular flexibility index (Phi) is 5.13. The molecule has 142 valence electrons. The number of thiazole rings is 1. The molecule has 2 N–H and O–H groups in total. The minimum absolute atomic E-state index is 0.00639. The number of nitrogens with zero attached hydrogens (tertiary/aromatic N) is 1. The molecule has 4 rings (SSSR count). The second-order valence-corrected chi connectivity index (χ2v) is 9.88. The first-order valence-corrected chi connectivity index (χ1v) is 11.5. The fourth-order valence-electron chi connectivity index (χ4n) is 2.88. The van der Waals surface area contributed by atoms with E-state index in [1.54, 1.807) is 29.6 Å². The van der Waals surface area contributed by atoms with E-state index in [0.717, 1.165) is 42.0 Å². The van der Waals surface area contributed by atoms with Crippen LogP contribution in [0.15, 0.2) is 39.9 Å². The van der Waals surface area contributed by atoms with Crippen molar-refractivity contribution >= 4 is 54.0 Å². The Morgan fingerprint density at radius 3 is 2.81 bits per heavy atom. The number of carbonyl (C=O) groups is 1. The number of piperidine rings is 1. The van der Waals surface area contributed by atoms with E-state index in [1.165, 1.54) is 17.4 Å². The molecule has 0 unspecified atom stereocenters. The topological polar surface area (TPSA) is 97.4 Å². The van der Waals surface area contributed by atoms with Gasteiger partial charge in [0.25, 0.3) is 0 Å². The van der Waals surface area contributed by atoms with Gasteiger partial charge in [-0.3, -0.25) is 4.79 Å². The van der Waals surface area contributed by atoms with Crippen molar-refractivity contribution in [1.82, 2.24) is 10.3 Å². The molecule has 1 fully saturated rings. The van der Waals surface area contributed by atoms with Crippen molar-refractivity contribution < 1.29 is 17.4 Å². The zero-order valence-corrected chi connectivity index (χ0v) is 16.6. The second kappa shape index (κ2) is 7.55. The molecular weight excluding hydrogens is 406 g/mol. The molecule has 0 spiro atoms. The van der Waals surface area contributed by atoms with Gasteiger partial charge in [-0.05, 0) is 49.5 Å². The summed E-state index contributed by atoms with van der Waals surface area (Å²) in [5, 5.41) is 8.30. The Balaban J connectivity index is 1.51. The number of hydrogen-bond acceptors (Lipinski definition) is 8. The summed E-state index contributed by atoms with van der Waals surface area (Å²) in [4.78, 5) is 16.8. The van der Waals surface area contributed by atoms with Crippen LogP contribution in [0.2, 0.25) is 0 Å². The summed E-state index contributed by atoms with van der Waals surface area (Å²) in [5.41, 5.74) is 0.682. The van der Waals surface area contributed by atoms with Gasteiger partial charge in [-0.1, -0.05) is 17.4 Å². The minimum Gasteiger partial charge on any atom is -0.378 e. The number of rotatable bonds is 5. The summed E-state index contributed by atoms with van der Waals surface area (Å²) in [6.45, 7) is 1.69. The van der Waals surface area contributed by atoms with Gasteiger partial charge in [0.15, 0.2) is 9.34 Å². The fourth-order valence-corrected chi connectivity index (χ4v) is 5.65. The first kappa shape index (κ1) is 18.4. The molecule has 3 heterocycles. The van der Waals surface area contributed by atoms with E-state index in [-0.39, 0.29) is 21.8 Å². The lowest BCUT2D eigenvalue weighted by molar-refractivity contribution is -0.120. The third-order valence-corrected chi connectivity index (χ3v) is 7.78. The van der Waals surface area contributed by atoms with Crippen molar-refractivity contribution in [2.24, 2.45) is 5.92 Å². The molecular formula is C17H17N3O4S3. The quantitative estimate of drug-likeness (QED) is 0.612. The first-order valence-electron chi connectivity index (χ1n) is 8.41. The number of thiophene rings is 1. The van der Waals surface area contributed by atoms with Crippen molar-refractivity contribution in [3.8, 4) is 5.75 Å². The van der Waals surface area contributed by atoms with Crippen LogP contribution in [0.1, 0.15) is 12.8 Å². The maximum absolute atomic E-state index is 12.4. The molecule has 10 heteroatoms. The van der Waals surface area contributed by atoms with Crippen molar-refractivity contribution in [3.05, 3.63) is 35.7 Å². The molecule has 2 aromatic heterocycles. The molecule has 1 aliphatic rings. The van der Waals surface area contributed by atoms with Gasteiger partial charge in [-0.2, -0.15) is 8.42 Å². The van der Waals surface area contributed by atoms with Crippen LogP contribution >= 0.6 is 22.7 Å². The monoisotopic (exact) mass is 423 g/mol. The number of carbonyl (C=O) groups excluding carboxylic acids is 1. The van der Waals surface area contributed by atoms with E-state index < -0.39 is 10.1 Å². The van der Waals surface area contributed by atoms with Crippen LogP contribution in [-0.2, 0) is 14.9 Å². The normalized spacial score (nSPS) is 15.7. The number of aromatic nitrogens is 1. The molecule has 27 heavy (non-hydrogen) atoms. The van der Waals surface area contributed by atoms with E-state index in [4.69, 9.17) is 4.18 Å². The lowest BCUT2D eigenvalue weighted by Gasteiger charge is -2.20. The zero-order valence-electron chi connectivity index (χ0n) is 14.2. The third-order valence-electron chi connectivity index (χ3n) is 4.25. The Morgan fingerprint density at radius 1 is 1.26 bits per heavy atom. The molecule has 1 aromatic carbocycles. The molecule has 3 aromatic rings. The predicted molar refractivity (Wildman–Crippen MR) is 106 cm³/mol. The number of benzene rings is 1. The van der Waals surface area contributed by atoms with E-state index >= 15 is 0 Å². The standard InChI is InChI=1S/C17H17N3O4S3/c21-16(11-5-7-18-8-6-11)20-17-19-13-4-3-12(10-14(13)26-17)24-27(22,23)15-2-1-9-25-15/h1-4,9-11,18H,5-8H2,(H,19,20,21). The number of nitrogens with one attached hydrogen (secondary N) is 2. The van der Waals surface area contributed by atoms with Gasteiger partial charge in [0.1, 0.15) is 5.75 Å². The predicted octanol–water partition coefficient (Wildman–Crippen LogP) is 3.06. The van der Waals surface area contributed by atoms with E-state index in [1.807, 2.05) is 0 Å². The van der Waals surface area contributed by atoms with Gasteiger partial charge in [0.05, 0.1) is 10.2 Å². The van der Waals surface area contributed by atoms with Crippen LogP contribution in [0.3, 0.4) is 0 Å². The van der Waals surface area contributed by atoms with Gasteiger partial charge in [-0.15, -0.1) is 11.3 Å². The summed E-state index contributed by atoms with van der Waals surface area (Å²) >= 11 is 2.40. The highest BCUT2D eigenvalue weighted by molar-refractivity contribution is 7.89.